The van der Waals surface area contributed by atoms with Crippen LogP contribution in [0.4, 0.5) is 5.69 Å². The molecule has 4 rings (SSSR count). The van der Waals surface area contributed by atoms with Crippen molar-refractivity contribution in [3.63, 3.8) is 0 Å². The van der Waals surface area contributed by atoms with E-state index in [4.69, 9.17) is 19.2 Å². The van der Waals surface area contributed by atoms with Crippen LogP contribution in [0.2, 0.25) is 0 Å². The zero-order valence-electron chi connectivity index (χ0n) is 20.3. The van der Waals surface area contributed by atoms with Gasteiger partial charge in [-0.25, -0.2) is 9.79 Å². The second kappa shape index (κ2) is 10.9. The second-order valence-electron chi connectivity index (χ2n) is 8.04. The van der Waals surface area contributed by atoms with Gasteiger partial charge >= 0.3 is 5.97 Å². The van der Waals surface area contributed by atoms with E-state index in [2.05, 4.69) is 10.2 Å². The standard InChI is InChI=1S/C26H29N3O5S/c1-5-20-22(25(31)34-4)23(29-13-6-14-35-26(29)28-20)16-7-9-17(10-8-16)27-24(30)19-12-11-18(32-2)15-21(19)33-3/h7-12,15,23H,5-6,13-14H2,1-4H3,(H,27,30). The summed E-state index contributed by atoms with van der Waals surface area (Å²) in [6.07, 6.45) is 1.64. The molecule has 0 bridgehead atoms. The average Bonchev–Trinajstić information content (AvgIpc) is 2.91. The van der Waals surface area contributed by atoms with Crippen LogP contribution in [0.15, 0.2) is 58.7 Å². The molecule has 184 valence electrons. The number of benzene rings is 2. The Balaban J connectivity index is 1.62. The Bertz CT molecular complexity index is 1180. The fourth-order valence-corrected chi connectivity index (χ4v) is 5.28. The Morgan fingerprint density at radius 1 is 1.11 bits per heavy atom. The van der Waals surface area contributed by atoms with E-state index >= 15 is 0 Å². The van der Waals surface area contributed by atoms with Gasteiger partial charge in [-0.15, -0.1) is 0 Å². The number of aliphatic imine (C=N–C) groups is 1. The third kappa shape index (κ3) is 5.00. The lowest BCUT2D eigenvalue weighted by Gasteiger charge is -2.40. The molecule has 35 heavy (non-hydrogen) atoms. The fraction of sp³-hybridized carbons (Fsp3) is 0.346. The molecule has 0 spiro atoms. The summed E-state index contributed by atoms with van der Waals surface area (Å²) >= 11 is 1.71. The summed E-state index contributed by atoms with van der Waals surface area (Å²) in [5, 5.41) is 3.86. The van der Waals surface area contributed by atoms with E-state index in [1.165, 1.54) is 14.2 Å². The number of rotatable bonds is 7. The van der Waals surface area contributed by atoms with Crippen molar-refractivity contribution in [1.82, 2.24) is 4.90 Å². The number of thioether (sulfide) groups is 1. The average molecular weight is 496 g/mol. The van der Waals surface area contributed by atoms with Crippen LogP contribution in [0.25, 0.3) is 0 Å². The highest BCUT2D eigenvalue weighted by atomic mass is 32.2. The summed E-state index contributed by atoms with van der Waals surface area (Å²) in [5.41, 5.74) is 3.30. The van der Waals surface area contributed by atoms with Gasteiger partial charge < -0.3 is 24.4 Å². The van der Waals surface area contributed by atoms with Crippen LogP contribution in [0, 0.1) is 0 Å². The SMILES string of the molecule is CCC1=C(C(=O)OC)C(c2ccc(NC(=O)c3ccc(OC)cc3OC)cc2)N2CCCSC2=N1. The van der Waals surface area contributed by atoms with Crippen LogP contribution in [-0.4, -0.2) is 55.6 Å². The number of anilines is 1. The van der Waals surface area contributed by atoms with Crippen LogP contribution in [0.5, 0.6) is 11.5 Å². The smallest absolute Gasteiger partial charge is 0.338 e. The van der Waals surface area contributed by atoms with Crippen LogP contribution >= 0.6 is 11.8 Å². The topological polar surface area (TPSA) is 89.5 Å². The minimum atomic E-state index is -0.366. The van der Waals surface area contributed by atoms with Gasteiger partial charge in [0.25, 0.3) is 5.91 Å². The van der Waals surface area contributed by atoms with Crippen LogP contribution in [0.1, 0.15) is 41.7 Å². The number of hydrogen-bond acceptors (Lipinski definition) is 8. The molecule has 0 radical (unpaired) electrons. The van der Waals surface area contributed by atoms with Crippen molar-refractivity contribution >= 4 is 34.5 Å². The van der Waals surface area contributed by atoms with E-state index in [9.17, 15) is 9.59 Å². The van der Waals surface area contributed by atoms with Crippen molar-refractivity contribution in [1.29, 1.82) is 0 Å². The first-order valence-electron chi connectivity index (χ1n) is 11.4. The molecule has 0 saturated carbocycles. The van der Waals surface area contributed by atoms with Gasteiger partial charge in [0.1, 0.15) is 11.5 Å². The molecule has 1 unspecified atom stereocenters. The van der Waals surface area contributed by atoms with Gasteiger partial charge in [0, 0.05) is 24.1 Å². The maximum absolute atomic E-state index is 12.9. The van der Waals surface area contributed by atoms with Crippen molar-refractivity contribution in [2.45, 2.75) is 25.8 Å². The number of esters is 1. The Morgan fingerprint density at radius 2 is 1.89 bits per heavy atom. The normalized spacial score (nSPS) is 17.3. The van der Waals surface area contributed by atoms with E-state index in [1.807, 2.05) is 31.2 Å². The highest BCUT2D eigenvalue weighted by molar-refractivity contribution is 8.13. The maximum Gasteiger partial charge on any atom is 0.338 e. The molecule has 2 heterocycles. The van der Waals surface area contributed by atoms with Crippen molar-refractivity contribution in [3.05, 3.63) is 64.9 Å². The first-order chi connectivity index (χ1) is 17.0. The van der Waals surface area contributed by atoms with Crippen LogP contribution in [-0.2, 0) is 9.53 Å². The number of carbonyl (C=O) groups excluding carboxylic acids is 2. The zero-order chi connectivity index (χ0) is 24.9. The molecule has 1 fully saturated rings. The number of ether oxygens (including phenoxy) is 3. The first kappa shape index (κ1) is 24.7. The first-order valence-corrected chi connectivity index (χ1v) is 12.4. The molecule has 1 saturated heterocycles. The highest BCUT2D eigenvalue weighted by Gasteiger charge is 2.38. The van der Waals surface area contributed by atoms with Crippen molar-refractivity contribution < 1.29 is 23.8 Å². The van der Waals surface area contributed by atoms with Crippen LogP contribution < -0.4 is 14.8 Å². The third-order valence-electron chi connectivity index (χ3n) is 6.02. The molecule has 2 aliphatic rings. The molecular formula is C26H29N3O5S. The Morgan fingerprint density at radius 3 is 2.54 bits per heavy atom. The molecule has 2 aliphatic heterocycles. The lowest BCUT2D eigenvalue weighted by atomic mass is 9.93. The highest BCUT2D eigenvalue weighted by Crippen LogP contribution is 2.41. The molecule has 9 heteroatoms. The van der Waals surface area contributed by atoms with Gasteiger partial charge in [-0.05, 0) is 42.7 Å². The second-order valence-corrected chi connectivity index (χ2v) is 9.10. The maximum atomic E-state index is 12.9. The number of allylic oxidation sites excluding steroid dienone is 1. The lowest BCUT2D eigenvalue weighted by molar-refractivity contribution is -0.137. The minimum absolute atomic E-state index is 0.288. The van der Waals surface area contributed by atoms with E-state index < -0.39 is 0 Å². The van der Waals surface area contributed by atoms with E-state index in [0.29, 0.717) is 34.7 Å². The molecule has 1 amide bonds. The number of methoxy groups -OCH3 is 3. The van der Waals surface area contributed by atoms with Gasteiger partial charge in [0.05, 0.1) is 44.2 Å². The quantitative estimate of drug-likeness (QED) is 0.560. The van der Waals surface area contributed by atoms with E-state index in [1.54, 1.807) is 37.1 Å². The van der Waals surface area contributed by atoms with E-state index in [-0.39, 0.29) is 17.9 Å². The molecule has 0 aromatic heterocycles. The summed E-state index contributed by atoms with van der Waals surface area (Å²) < 4.78 is 15.7. The molecule has 2 aromatic rings. The van der Waals surface area contributed by atoms with Gasteiger partial charge in [0.2, 0.25) is 0 Å². The van der Waals surface area contributed by atoms with Gasteiger partial charge in [-0.3, -0.25) is 4.79 Å². The van der Waals surface area contributed by atoms with Crippen LogP contribution in [0.3, 0.4) is 0 Å². The molecule has 2 aromatic carbocycles. The summed E-state index contributed by atoms with van der Waals surface area (Å²) in [6, 6.07) is 12.3. The fourth-order valence-electron chi connectivity index (χ4n) is 4.29. The largest absolute Gasteiger partial charge is 0.497 e. The van der Waals surface area contributed by atoms with Crippen molar-refractivity contribution in [2.75, 3.05) is 38.9 Å². The number of amidine groups is 1. The summed E-state index contributed by atoms with van der Waals surface area (Å²) in [6.45, 7) is 2.80. The molecule has 1 atom stereocenters. The van der Waals surface area contributed by atoms with Crippen molar-refractivity contribution in [3.8, 4) is 11.5 Å². The summed E-state index contributed by atoms with van der Waals surface area (Å²) in [5.74, 6) is 1.38. The van der Waals surface area contributed by atoms with Gasteiger partial charge in [0.15, 0.2) is 5.17 Å². The zero-order valence-corrected chi connectivity index (χ0v) is 21.1. The van der Waals surface area contributed by atoms with Gasteiger partial charge in [-0.2, -0.15) is 0 Å². The molecule has 0 aliphatic carbocycles. The number of nitrogens with zero attached hydrogens (tertiary/aromatic N) is 2. The summed E-state index contributed by atoms with van der Waals surface area (Å²) in [7, 11) is 4.47. The monoisotopic (exact) mass is 495 g/mol. The number of hydrogen-bond donors (Lipinski definition) is 1. The Labute approximate surface area is 209 Å². The number of fused-ring (bicyclic) bond motifs is 1. The summed E-state index contributed by atoms with van der Waals surface area (Å²) in [4.78, 5) is 32.7. The predicted molar refractivity (Wildman–Crippen MR) is 137 cm³/mol. The lowest BCUT2D eigenvalue weighted by Crippen LogP contribution is -2.42. The minimum Gasteiger partial charge on any atom is -0.497 e. The molecular weight excluding hydrogens is 466 g/mol. The molecule has 1 N–H and O–H groups in total. The third-order valence-corrected chi connectivity index (χ3v) is 7.10. The number of carbonyl (C=O) groups is 2. The Kier molecular flexibility index (Phi) is 7.65. The molecule has 8 nitrogen and oxygen atoms in total. The van der Waals surface area contributed by atoms with Crippen molar-refractivity contribution in [2.24, 2.45) is 4.99 Å². The van der Waals surface area contributed by atoms with E-state index in [0.717, 1.165) is 35.1 Å². The predicted octanol–water partition coefficient (Wildman–Crippen LogP) is 4.64. The number of nitrogens with one attached hydrogen (secondary N) is 1. The Hall–Kier alpha value is -3.46. The van der Waals surface area contributed by atoms with Gasteiger partial charge in [-0.1, -0.05) is 30.8 Å². The number of amides is 1.